The van der Waals surface area contributed by atoms with Crippen molar-refractivity contribution in [1.29, 1.82) is 0 Å². The average molecular weight is 150 g/mol. The van der Waals surface area contributed by atoms with Gasteiger partial charge in [-0.15, -0.1) is 0 Å². The number of hydrogen-bond donors (Lipinski definition) is 0. The molecule has 1 nitrogen and oxygen atoms in total. The molecule has 0 fully saturated rings. The van der Waals surface area contributed by atoms with E-state index in [0.29, 0.717) is 0 Å². The van der Waals surface area contributed by atoms with Crippen molar-refractivity contribution in [2.45, 2.75) is 0 Å². The molecule has 0 heterocycles. The normalized spacial score (nSPS) is 2.00. The molecule has 0 N–H and O–H groups in total. The van der Waals surface area contributed by atoms with Crippen LogP contribution in [0.5, 0.6) is 0 Å². The summed E-state index contributed by atoms with van der Waals surface area (Å²) in [5.74, 6) is 1.25. The quantitative estimate of drug-likeness (QED) is 0.351. The van der Waals surface area contributed by atoms with Gasteiger partial charge in [0.05, 0.1) is 0 Å². The zero-order valence-corrected chi connectivity index (χ0v) is 3.40. The van der Waals surface area contributed by atoms with Crippen molar-refractivity contribution in [3.8, 4) is 0 Å². The van der Waals surface area contributed by atoms with Crippen LogP contribution in [0, 0.1) is 0 Å². The summed E-state index contributed by atoms with van der Waals surface area (Å²) in [6.07, 6.45) is 0. The number of rotatable bonds is 0. The second-order valence-electron chi connectivity index (χ2n) is 0.144. The zero-order chi connectivity index (χ0) is 2.71. The average Bonchev–Trinajstić information content (AvgIpc) is 0.918. The molecule has 0 amide bonds. The largest absolute Gasteiger partial charge is 0.234 e. The van der Waals surface area contributed by atoms with Crippen molar-refractivity contribution >= 4 is 5.94 Å². The summed E-state index contributed by atoms with van der Waals surface area (Å²) < 4.78 is 0. The maximum absolute atomic E-state index is 8.57. The summed E-state index contributed by atoms with van der Waals surface area (Å²) in [4.78, 5) is 8.57. The van der Waals surface area contributed by atoms with Gasteiger partial charge in [0.1, 0.15) is 5.94 Å². The molecule has 0 saturated heterocycles. The van der Waals surface area contributed by atoms with Gasteiger partial charge in [0.15, 0.2) is 0 Å². The zero-order valence-electron chi connectivity index (χ0n) is 1.92. The monoisotopic (exact) mass is 149 g/mol. The van der Waals surface area contributed by atoms with Crippen LogP contribution in [0.2, 0.25) is 0 Å². The molecule has 0 aliphatic carbocycles. The van der Waals surface area contributed by atoms with Gasteiger partial charge in [-0.1, -0.05) is 0 Å². The standard InChI is InChI=1S/C2H2O.Ag/c1-2-3;/h1H2;. The van der Waals surface area contributed by atoms with Crippen molar-refractivity contribution in [1.82, 2.24) is 0 Å². The van der Waals surface area contributed by atoms with Gasteiger partial charge >= 0.3 is 0 Å². The molecule has 0 aromatic carbocycles. The second kappa shape index (κ2) is 10.8. The van der Waals surface area contributed by atoms with Gasteiger partial charge in [-0.3, -0.25) is 0 Å². The van der Waals surface area contributed by atoms with Crippen LogP contribution in [0.1, 0.15) is 0 Å². The number of carbonyl (C=O) groups excluding carboxylic acids is 1. The Labute approximate surface area is 40.2 Å². The van der Waals surface area contributed by atoms with Crippen LogP contribution >= 0.6 is 0 Å². The minimum absolute atomic E-state index is 0. The van der Waals surface area contributed by atoms with Crippen LogP contribution in [-0.4, -0.2) is 5.94 Å². The van der Waals surface area contributed by atoms with Gasteiger partial charge in [0, 0.05) is 22.4 Å². The minimum Gasteiger partial charge on any atom is -0.234 e. The van der Waals surface area contributed by atoms with E-state index >= 15 is 0 Å². The Kier molecular flexibility index (Phi) is 24.0. The summed E-state index contributed by atoms with van der Waals surface area (Å²) in [7, 11) is 0. The molecular weight excluding hydrogens is 148 g/mol. The summed E-state index contributed by atoms with van der Waals surface area (Å²) in [5.41, 5.74) is 0. The van der Waals surface area contributed by atoms with Gasteiger partial charge in [0.2, 0.25) is 0 Å². The molecule has 27 valence electrons. The number of hydrogen-bond acceptors (Lipinski definition) is 1. The second-order valence-corrected chi connectivity index (χ2v) is 0.144. The van der Waals surface area contributed by atoms with E-state index in [4.69, 9.17) is 4.79 Å². The molecule has 0 rings (SSSR count). The fourth-order valence-electron chi connectivity index (χ4n) is 0. The molecule has 2 heteroatoms. The molecule has 0 aliphatic rings. The van der Waals surface area contributed by atoms with E-state index in [1.54, 1.807) is 0 Å². The smallest absolute Gasteiger partial charge is 0.116 e. The van der Waals surface area contributed by atoms with Crippen molar-refractivity contribution in [3.05, 3.63) is 6.58 Å². The topological polar surface area (TPSA) is 17.1 Å². The molecule has 0 aromatic rings. The van der Waals surface area contributed by atoms with Crippen molar-refractivity contribution in [3.63, 3.8) is 0 Å². The molecule has 0 saturated carbocycles. The van der Waals surface area contributed by atoms with Crippen LogP contribution in [0.3, 0.4) is 0 Å². The first-order valence-corrected chi connectivity index (χ1v) is 0.558. The summed E-state index contributed by atoms with van der Waals surface area (Å²) in [6, 6.07) is 0. The molecule has 0 spiro atoms. The molecule has 1 radical (unpaired) electrons. The van der Waals surface area contributed by atoms with Gasteiger partial charge in [-0.2, -0.15) is 0 Å². The molecule has 0 aromatic heterocycles. The summed E-state index contributed by atoms with van der Waals surface area (Å²) in [6.45, 7) is 2.68. The third kappa shape index (κ3) is 85.7. The Bertz CT molecular complexity index is 27.0. The summed E-state index contributed by atoms with van der Waals surface area (Å²) in [5, 5.41) is 0. The Hall–Kier alpha value is 0.190. The Morgan fingerprint density at radius 1 is 1.75 bits per heavy atom. The Balaban J connectivity index is 0. The molecule has 0 aliphatic heterocycles. The van der Waals surface area contributed by atoms with E-state index in [-0.39, 0.29) is 22.4 Å². The van der Waals surface area contributed by atoms with Crippen LogP contribution in [0.4, 0.5) is 0 Å². The molecule has 4 heavy (non-hydrogen) atoms. The SMILES string of the molecule is C=C=O.[Ag]. The predicted molar refractivity (Wildman–Crippen MR) is 11.3 cm³/mol. The van der Waals surface area contributed by atoms with Gasteiger partial charge in [-0.25, -0.2) is 4.79 Å². The molecule has 0 atom stereocenters. The van der Waals surface area contributed by atoms with E-state index < -0.39 is 0 Å². The van der Waals surface area contributed by atoms with Gasteiger partial charge in [0.25, 0.3) is 0 Å². The van der Waals surface area contributed by atoms with E-state index in [0.717, 1.165) is 0 Å². The van der Waals surface area contributed by atoms with E-state index in [1.807, 2.05) is 0 Å². The molecule has 0 unspecified atom stereocenters. The van der Waals surface area contributed by atoms with Crippen LogP contribution in [0.25, 0.3) is 0 Å². The minimum atomic E-state index is 0. The fourth-order valence-corrected chi connectivity index (χ4v) is 0. The first kappa shape index (κ1) is 8.89. The van der Waals surface area contributed by atoms with Crippen LogP contribution < -0.4 is 0 Å². The van der Waals surface area contributed by atoms with Crippen molar-refractivity contribution in [2.75, 3.05) is 0 Å². The molecule has 0 bridgehead atoms. The maximum Gasteiger partial charge on any atom is 0.116 e. The van der Waals surface area contributed by atoms with Gasteiger partial charge in [-0.05, 0) is 6.58 Å². The van der Waals surface area contributed by atoms with E-state index in [2.05, 4.69) is 6.58 Å². The fraction of sp³-hybridized carbons (Fsp3) is 0. The maximum atomic E-state index is 8.57. The first-order chi connectivity index (χ1) is 1.41. The first-order valence-electron chi connectivity index (χ1n) is 0.558. The molecular formula is C2H2AgO. The Morgan fingerprint density at radius 2 is 1.75 bits per heavy atom. The third-order valence-corrected chi connectivity index (χ3v) is 0. The summed E-state index contributed by atoms with van der Waals surface area (Å²) >= 11 is 0. The van der Waals surface area contributed by atoms with Crippen molar-refractivity contribution in [2.24, 2.45) is 0 Å². The Morgan fingerprint density at radius 3 is 1.75 bits per heavy atom. The van der Waals surface area contributed by atoms with Gasteiger partial charge < -0.3 is 0 Å². The van der Waals surface area contributed by atoms with Crippen molar-refractivity contribution < 1.29 is 27.2 Å². The van der Waals surface area contributed by atoms with Crippen LogP contribution in [-0.2, 0) is 27.2 Å². The van der Waals surface area contributed by atoms with E-state index in [1.165, 1.54) is 5.94 Å². The van der Waals surface area contributed by atoms with Crippen LogP contribution in [0.15, 0.2) is 6.58 Å². The van der Waals surface area contributed by atoms with E-state index in [9.17, 15) is 0 Å². The third-order valence-electron chi connectivity index (χ3n) is 0. The predicted octanol–water partition coefficient (Wildman–Crippen LogP) is 0.00150.